The maximum absolute atomic E-state index is 12.0. The van der Waals surface area contributed by atoms with Gasteiger partial charge in [-0.2, -0.15) is 0 Å². The zero-order chi connectivity index (χ0) is 11.1. The van der Waals surface area contributed by atoms with Crippen LogP contribution in [0.15, 0.2) is 12.2 Å². The first kappa shape index (κ1) is 12.2. The Morgan fingerprint density at radius 3 is 2.93 bits per heavy atom. The second-order valence-corrected chi connectivity index (χ2v) is 4.20. The molecule has 0 heterocycles. The summed E-state index contributed by atoms with van der Waals surface area (Å²) in [6.45, 7) is 1.84. The molecule has 0 saturated carbocycles. The molecule has 3 heteroatoms. The minimum atomic E-state index is 0.231. The Balaban J connectivity index is 2.28. The van der Waals surface area contributed by atoms with Gasteiger partial charge in [0.15, 0.2) is 0 Å². The molecule has 0 aromatic rings. The normalized spacial score (nSPS) is 20.3. The van der Waals surface area contributed by atoms with E-state index in [1.807, 2.05) is 19.0 Å². The molecule has 15 heavy (non-hydrogen) atoms. The highest BCUT2D eigenvalue weighted by molar-refractivity contribution is 5.78. The fraction of sp³-hybridized carbons (Fsp3) is 0.750. The van der Waals surface area contributed by atoms with E-state index < -0.39 is 0 Å². The largest absolute Gasteiger partial charge is 0.345 e. The third-order valence-electron chi connectivity index (χ3n) is 2.91. The van der Waals surface area contributed by atoms with Crippen molar-refractivity contribution in [3.8, 4) is 0 Å². The summed E-state index contributed by atoms with van der Waals surface area (Å²) in [5, 5.41) is 3.09. The van der Waals surface area contributed by atoms with Crippen LogP contribution in [0.3, 0.4) is 0 Å². The highest BCUT2D eigenvalue weighted by Crippen LogP contribution is 2.19. The number of nitrogens with zero attached hydrogens (tertiary/aromatic N) is 1. The Morgan fingerprint density at radius 1 is 1.53 bits per heavy atom. The lowest BCUT2D eigenvalue weighted by Gasteiger charge is -2.24. The quantitative estimate of drug-likeness (QED) is 0.549. The molecular formula is C12H22N2O. The van der Waals surface area contributed by atoms with Gasteiger partial charge in [-0.25, -0.2) is 0 Å². The molecule has 1 N–H and O–H groups in total. The van der Waals surface area contributed by atoms with Gasteiger partial charge in [-0.1, -0.05) is 12.2 Å². The van der Waals surface area contributed by atoms with Crippen LogP contribution >= 0.6 is 0 Å². The zero-order valence-electron chi connectivity index (χ0n) is 9.83. The van der Waals surface area contributed by atoms with Gasteiger partial charge >= 0.3 is 0 Å². The number of hydrogen-bond donors (Lipinski definition) is 1. The molecule has 0 aliphatic heterocycles. The number of allylic oxidation sites excluding steroid dienone is 2. The maximum atomic E-state index is 12.0. The minimum absolute atomic E-state index is 0.231. The molecule has 1 amide bonds. The Morgan fingerprint density at radius 2 is 2.33 bits per heavy atom. The standard InChI is InChI=1S/C12H22N2O/c1-13-9-6-10-14(2)12(15)11-7-4-3-5-8-11/h3-4,11,13H,5-10H2,1-2H3. The second-order valence-electron chi connectivity index (χ2n) is 4.20. The minimum Gasteiger partial charge on any atom is -0.345 e. The van der Waals surface area contributed by atoms with E-state index in [9.17, 15) is 4.79 Å². The van der Waals surface area contributed by atoms with Crippen molar-refractivity contribution in [3.05, 3.63) is 12.2 Å². The van der Waals surface area contributed by atoms with Crippen LogP contribution in [0.1, 0.15) is 25.7 Å². The highest BCUT2D eigenvalue weighted by atomic mass is 16.2. The lowest BCUT2D eigenvalue weighted by Crippen LogP contribution is -2.34. The van der Waals surface area contributed by atoms with Gasteiger partial charge in [-0.3, -0.25) is 4.79 Å². The molecule has 1 unspecified atom stereocenters. The Labute approximate surface area is 92.5 Å². The van der Waals surface area contributed by atoms with Gasteiger partial charge in [-0.05, 0) is 39.3 Å². The number of amides is 1. The average Bonchev–Trinajstić information content (AvgIpc) is 2.29. The van der Waals surface area contributed by atoms with Crippen molar-refractivity contribution in [1.82, 2.24) is 10.2 Å². The van der Waals surface area contributed by atoms with Crippen LogP contribution in [0.2, 0.25) is 0 Å². The first-order chi connectivity index (χ1) is 7.25. The van der Waals surface area contributed by atoms with Crippen LogP contribution in [0.4, 0.5) is 0 Å². The number of carbonyl (C=O) groups is 1. The van der Waals surface area contributed by atoms with E-state index in [0.29, 0.717) is 5.91 Å². The van der Waals surface area contributed by atoms with Crippen molar-refractivity contribution >= 4 is 5.91 Å². The van der Waals surface area contributed by atoms with E-state index in [1.165, 1.54) is 0 Å². The van der Waals surface area contributed by atoms with Crippen molar-refractivity contribution in [3.63, 3.8) is 0 Å². The molecule has 3 nitrogen and oxygen atoms in total. The van der Waals surface area contributed by atoms with Crippen LogP contribution in [0.25, 0.3) is 0 Å². The summed E-state index contributed by atoms with van der Waals surface area (Å²) in [4.78, 5) is 13.8. The van der Waals surface area contributed by atoms with Crippen molar-refractivity contribution in [1.29, 1.82) is 0 Å². The summed E-state index contributed by atoms with van der Waals surface area (Å²) in [5.41, 5.74) is 0. The van der Waals surface area contributed by atoms with Crippen molar-refractivity contribution in [2.75, 3.05) is 27.2 Å². The second kappa shape index (κ2) is 6.62. The van der Waals surface area contributed by atoms with Crippen LogP contribution in [-0.4, -0.2) is 38.0 Å². The molecule has 0 bridgehead atoms. The highest BCUT2D eigenvalue weighted by Gasteiger charge is 2.21. The molecule has 0 spiro atoms. The monoisotopic (exact) mass is 210 g/mol. The fourth-order valence-corrected chi connectivity index (χ4v) is 1.93. The fourth-order valence-electron chi connectivity index (χ4n) is 1.93. The molecule has 0 aromatic heterocycles. The van der Waals surface area contributed by atoms with E-state index in [0.717, 1.165) is 38.8 Å². The van der Waals surface area contributed by atoms with E-state index >= 15 is 0 Å². The molecule has 1 rings (SSSR count). The first-order valence-electron chi connectivity index (χ1n) is 5.80. The topological polar surface area (TPSA) is 32.3 Å². The van der Waals surface area contributed by atoms with Crippen LogP contribution < -0.4 is 5.32 Å². The third-order valence-corrected chi connectivity index (χ3v) is 2.91. The average molecular weight is 210 g/mol. The van der Waals surface area contributed by atoms with Crippen LogP contribution in [-0.2, 0) is 4.79 Å². The number of hydrogen-bond acceptors (Lipinski definition) is 2. The van der Waals surface area contributed by atoms with Crippen molar-refractivity contribution in [2.24, 2.45) is 5.92 Å². The summed E-state index contributed by atoms with van der Waals surface area (Å²) in [6.07, 6.45) is 8.33. The van der Waals surface area contributed by atoms with Gasteiger partial charge in [0, 0.05) is 19.5 Å². The zero-order valence-corrected chi connectivity index (χ0v) is 9.83. The van der Waals surface area contributed by atoms with Crippen LogP contribution in [0, 0.1) is 5.92 Å². The summed E-state index contributed by atoms with van der Waals surface area (Å²) >= 11 is 0. The van der Waals surface area contributed by atoms with E-state index in [-0.39, 0.29) is 5.92 Å². The van der Waals surface area contributed by atoms with Crippen molar-refractivity contribution in [2.45, 2.75) is 25.7 Å². The summed E-state index contributed by atoms with van der Waals surface area (Å²) < 4.78 is 0. The third kappa shape index (κ3) is 4.04. The molecule has 1 aliphatic carbocycles. The smallest absolute Gasteiger partial charge is 0.225 e. The summed E-state index contributed by atoms with van der Waals surface area (Å²) in [7, 11) is 3.85. The molecule has 0 radical (unpaired) electrons. The Kier molecular flexibility index (Phi) is 5.40. The molecule has 0 aromatic carbocycles. The Hall–Kier alpha value is -0.830. The van der Waals surface area contributed by atoms with Gasteiger partial charge < -0.3 is 10.2 Å². The molecular weight excluding hydrogens is 188 g/mol. The van der Waals surface area contributed by atoms with E-state index in [4.69, 9.17) is 0 Å². The van der Waals surface area contributed by atoms with Crippen molar-refractivity contribution < 1.29 is 4.79 Å². The number of rotatable bonds is 5. The first-order valence-corrected chi connectivity index (χ1v) is 5.80. The molecule has 0 fully saturated rings. The van der Waals surface area contributed by atoms with Gasteiger partial charge in [0.1, 0.15) is 0 Å². The van der Waals surface area contributed by atoms with E-state index in [2.05, 4.69) is 17.5 Å². The lowest BCUT2D eigenvalue weighted by atomic mass is 9.93. The number of nitrogens with one attached hydrogen (secondary N) is 1. The number of carbonyl (C=O) groups excluding carboxylic acids is 1. The summed E-state index contributed by atoms with van der Waals surface area (Å²) in [6, 6.07) is 0. The molecule has 0 saturated heterocycles. The molecule has 86 valence electrons. The predicted molar refractivity (Wildman–Crippen MR) is 62.7 cm³/mol. The lowest BCUT2D eigenvalue weighted by molar-refractivity contribution is -0.134. The van der Waals surface area contributed by atoms with Crippen LogP contribution in [0.5, 0.6) is 0 Å². The van der Waals surface area contributed by atoms with Gasteiger partial charge in [0.25, 0.3) is 0 Å². The maximum Gasteiger partial charge on any atom is 0.225 e. The molecule has 1 aliphatic rings. The Bertz CT molecular complexity index is 226. The SMILES string of the molecule is CNCCCN(C)C(=O)C1CC=CCC1. The molecule has 1 atom stereocenters. The van der Waals surface area contributed by atoms with E-state index in [1.54, 1.807) is 0 Å². The van der Waals surface area contributed by atoms with Gasteiger partial charge in [-0.15, -0.1) is 0 Å². The van der Waals surface area contributed by atoms with Gasteiger partial charge in [0.2, 0.25) is 5.91 Å². The summed E-state index contributed by atoms with van der Waals surface area (Å²) in [5.74, 6) is 0.546. The predicted octanol–water partition coefficient (Wildman–Crippen LogP) is 1.41. The van der Waals surface area contributed by atoms with Gasteiger partial charge in [0.05, 0.1) is 0 Å².